The van der Waals surface area contributed by atoms with Gasteiger partial charge < -0.3 is 9.64 Å². The number of rotatable bonds is 4. The largest absolute Gasteiger partial charge is 0.484 e. The monoisotopic (exact) mass is 312 g/mol. The zero-order chi connectivity index (χ0) is 15.6. The number of carbonyl (C=O) groups is 1. The number of hydrogen-bond acceptors (Lipinski definition) is 4. The standard InChI is InChI=1S/C17H20N4O2/c22-17(12-23-16-4-2-1-3-5-16)20-13-6-7-14(20)11-15(10-13)21-18-8-9-19-21/h1-5,8-9,13-15H,6-7,10-12H2. The van der Waals surface area contributed by atoms with Gasteiger partial charge >= 0.3 is 0 Å². The van der Waals surface area contributed by atoms with Crippen LogP contribution in [0.4, 0.5) is 0 Å². The first-order chi connectivity index (χ1) is 11.3. The maximum Gasteiger partial charge on any atom is 0.261 e. The lowest BCUT2D eigenvalue weighted by molar-refractivity contribution is -0.138. The first-order valence-corrected chi connectivity index (χ1v) is 8.16. The van der Waals surface area contributed by atoms with Crippen molar-refractivity contribution in [3.05, 3.63) is 42.7 Å². The van der Waals surface area contributed by atoms with E-state index in [1.807, 2.05) is 35.2 Å². The predicted octanol–water partition coefficient (Wildman–Crippen LogP) is 2.05. The van der Waals surface area contributed by atoms with Crippen LogP contribution in [0.1, 0.15) is 31.7 Å². The minimum absolute atomic E-state index is 0.0910. The van der Waals surface area contributed by atoms with Gasteiger partial charge in [0.25, 0.3) is 5.91 Å². The summed E-state index contributed by atoms with van der Waals surface area (Å²) in [6.45, 7) is 0.113. The summed E-state index contributed by atoms with van der Waals surface area (Å²) in [4.78, 5) is 16.4. The molecular weight excluding hydrogens is 292 g/mol. The highest BCUT2D eigenvalue weighted by molar-refractivity contribution is 5.79. The molecule has 2 aliphatic heterocycles. The molecular formula is C17H20N4O2. The van der Waals surface area contributed by atoms with Crippen LogP contribution in [0, 0.1) is 0 Å². The zero-order valence-electron chi connectivity index (χ0n) is 12.9. The van der Waals surface area contributed by atoms with Gasteiger partial charge in [-0.1, -0.05) is 18.2 Å². The molecule has 120 valence electrons. The van der Waals surface area contributed by atoms with Gasteiger partial charge in [0.05, 0.1) is 18.4 Å². The first-order valence-electron chi connectivity index (χ1n) is 8.16. The van der Waals surface area contributed by atoms with Gasteiger partial charge in [0.2, 0.25) is 0 Å². The van der Waals surface area contributed by atoms with Crippen LogP contribution >= 0.6 is 0 Å². The third kappa shape index (κ3) is 2.81. The van der Waals surface area contributed by atoms with Crippen LogP contribution in [0.3, 0.4) is 0 Å². The summed E-state index contributed by atoms with van der Waals surface area (Å²) in [5.74, 6) is 0.831. The topological polar surface area (TPSA) is 60.2 Å². The quantitative estimate of drug-likeness (QED) is 0.867. The van der Waals surface area contributed by atoms with E-state index in [1.54, 1.807) is 17.2 Å². The van der Waals surface area contributed by atoms with Gasteiger partial charge in [0.1, 0.15) is 5.75 Å². The van der Waals surface area contributed by atoms with E-state index in [-0.39, 0.29) is 24.6 Å². The summed E-state index contributed by atoms with van der Waals surface area (Å²) < 4.78 is 5.62. The summed E-state index contributed by atoms with van der Waals surface area (Å²) in [7, 11) is 0. The van der Waals surface area contributed by atoms with Crippen LogP contribution in [0.15, 0.2) is 42.7 Å². The lowest BCUT2D eigenvalue weighted by Gasteiger charge is -2.38. The molecule has 1 amide bonds. The highest BCUT2D eigenvalue weighted by Gasteiger charge is 2.44. The Balaban J connectivity index is 1.39. The van der Waals surface area contributed by atoms with E-state index < -0.39 is 0 Å². The molecule has 1 aromatic carbocycles. The Morgan fingerprint density at radius 3 is 2.35 bits per heavy atom. The van der Waals surface area contributed by atoms with Gasteiger partial charge in [-0.25, -0.2) is 0 Å². The second-order valence-corrected chi connectivity index (χ2v) is 6.26. The van der Waals surface area contributed by atoms with E-state index in [9.17, 15) is 4.79 Å². The van der Waals surface area contributed by atoms with Crippen molar-refractivity contribution < 1.29 is 9.53 Å². The number of ether oxygens (including phenoxy) is 1. The molecule has 6 nitrogen and oxygen atoms in total. The van der Waals surface area contributed by atoms with Crippen molar-refractivity contribution in [2.45, 2.75) is 43.8 Å². The van der Waals surface area contributed by atoms with E-state index >= 15 is 0 Å². The molecule has 2 atom stereocenters. The van der Waals surface area contributed by atoms with Gasteiger partial charge in [-0.15, -0.1) is 0 Å². The first kappa shape index (κ1) is 14.2. The van der Waals surface area contributed by atoms with E-state index in [4.69, 9.17) is 4.74 Å². The number of para-hydroxylation sites is 1. The SMILES string of the molecule is O=C(COc1ccccc1)N1C2CCC1CC(n1nccn1)C2. The predicted molar refractivity (Wildman–Crippen MR) is 83.9 cm³/mol. The molecule has 6 heteroatoms. The van der Waals surface area contributed by atoms with Crippen LogP contribution in [-0.4, -0.2) is 44.5 Å². The molecule has 0 spiro atoms. The van der Waals surface area contributed by atoms with Crippen molar-refractivity contribution in [2.24, 2.45) is 0 Å². The molecule has 1 aromatic heterocycles. The molecule has 3 heterocycles. The van der Waals surface area contributed by atoms with E-state index in [0.717, 1.165) is 31.4 Å². The second-order valence-electron chi connectivity index (χ2n) is 6.26. The summed E-state index contributed by atoms with van der Waals surface area (Å²) >= 11 is 0. The normalized spacial score (nSPS) is 26.3. The molecule has 0 saturated carbocycles. The number of carbonyl (C=O) groups excluding carboxylic acids is 1. The van der Waals surface area contributed by atoms with E-state index in [1.165, 1.54) is 0 Å². The van der Waals surface area contributed by atoms with Crippen LogP contribution in [0.5, 0.6) is 5.75 Å². The molecule has 23 heavy (non-hydrogen) atoms. The number of nitrogens with zero attached hydrogens (tertiary/aromatic N) is 4. The highest BCUT2D eigenvalue weighted by Crippen LogP contribution is 2.40. The second kappa shape index (κ2) is 6.02. The molecule has 2 fully saturated rings. The Morgan fingerprint density at radius 1 is 1.04 bits per heavy atom. The van der Waals surface area contributed by atoms with E-state index in [0.29, 0.717) is 6.04 Å². The van der Waals surface area contributed by atoms with Crippen molar-refractivity contribution in [2.75, 3.05) is 6.61 Å². The highest BCUT2D eigenvalue weighted by atomic mass is 16.5. The number of hydrogen-bond donors (Lipinski definition) is 0. The minimum Gasteiger partial charge on any atom is -0.484 e. The molecule has 2 unspecified atom stereocenters. The van der Waals surface area contributed by atoms with Gasteiger partial charge in [-0.05, 0) is 37.8 Å². The van der Waals surface area contributed by atoms with Crippen LogP contribution < -0.4 is 4.74 Å². The van der Waals surface area contributed by atoms with Gasteiger partial charge in [-0.2, -0.15) is 15.0 Å². The van der Waals surface area contributed by atoms with Crippen molar-refractivity contribution >= 4 is 5.91 Å². The number of piperidine rings is 1. The minimum atomic E-state index is 0.0910. The van der Waals surface area contributed by atoms with Crippen molar-refractivity contribution in [3.8, 4) is 5.75 Å². The molecule has 2 aromatic rings. The molecule has 0 N–H and O–H groups in total. The molecule has 2 saturated heterocycles. The summed E-state index contributed by atoms with van der Waals surface area (Å²) in [6, 6.07) is 10.4. The molecule has 0 radical (unpaired) electrons. The fourth-order valence-corrected chi connectivity index (χ4v) is 3.90. The Morgan fingerprint density at radius 2 is 1.70 bits per heavy atom. The summed E-state index contributed by atoms with van der Waals surface area (Å²) in [5, 5.41) is 8.52. The fraction of sp³-hybridized carbons (Fsp3) is 0.471. The number of benzene rings is 1. The van der Waals surface area contributed by atoms with Crippen molar-refractivity contribution in [1.82, 2.24) is 19.9 Å². The van der Waals surface area contributed by atoms with Crippen LogP contribution in [0.25, 0.3) is 0 Å². The average Bonchev–Trinajstić information content (AvgIpc) is 3.20. The summed E-state index contributed by atoms with van der Waals surface area (Å²) in [5.41, 5.74) is 0. The molecule has 2 bridgehead atoms. The zero-order valence-corrected chi connectivity index (χ0v) is 12.9. The molecule has 4 rings (SSSR count). The van der Waals surface area contributed by atoms with E-state index in [2.05, 4.69) is 10.2 Å². The summed E-state index contributed by atoms with van der Waals surface area (Å²) in [6.07, 6.45) is 7.43. The molecule has 0 aliphatic carbocycles. The Labute approximate surface area is 135 Å². The number of aromatic nitrogens is 3. The van der Waals surface area contributed by atoms with Gasteiger partial charge in [0, 0.05) is 12.1 Å². The number of amides is 1. The lowest BCUT2D eigenvalue weighted by Crippen LogP contribution is -2.48. The maximum absolute atomic E-state index is 12.6. The van der Waals surface area contributed by atoms with Crippen LogP contribution in [0.2, 0.25) is 0 Å². The third-order valence-electron chi connectivity index (χ3n) is 4.86. The number of fused-ring (bicyclic) bond motifs is 2. The fourth-order valence-electron chi connectivity index (χ4n) is 3.90. The van der Waals surface area contributed by atoms with Gasteiger partial charge in [0.15, 0.2) is 6.61 Å². The molecule has 2 aliphatic rings. The van der Waals surface area contributed by atoms with Crippen molar-refractivity contribution in [3.63, 3.8) is 0 Å². The van der Waals surface area contributed by atoms with Gasteiger partial charge in [-0.3, -0.25) is 4.79 Å². The Bertz CT molecular complexity index is 644. The Kier molecular flexibility index (Phi) is 3.73. The van der Waals surface area contributed by atoms with Crippen molar-refractivity contribution in [1.29, 1.82) is 0 Å². The smallest absolute Gasteiger partial charge is 0.261 e. The Hall–Kier alpha value is -2.37. The average molecular weight is 312 g/mol. The third-order valence-corrected chi connectivity index (χ3v) is 4.86. The van der Waals surface area contributed by atoms with Crippen LogP contribution in [-0.2, 0) is 4.79 Å². The lowest BCUT2D eigenvalue weighted by atomic mass is 9.98. The maximum atomic E-state index is 12.6.